The molecule has 3 N–H and O–H groups in total. The van der Waals surface area contributed by atoms with Gasteiger partial charge < -0.3 is 15.4 Å². The van der Waals surface area contributed by atoms with Gasteiger partial charge in [0.05, 0.1) is 13.2 Å². The predicted molar refractivity (Wildman–Crippen MR) is 74.8 cm³/mol. The molecule has 2 rings (SSSR count). The Balaban J connectivity index is 1.92. The largest absolute Gasteiger partial charge is 0.395 e. The molecule has 0 aliphatic rings. The molecule has 20 heavy (non-hydrogen) atoms. The van der Waals surface area contributed by atoms with Crippen LogP contribution in [0.25, 0.3) is 0 Å². The van der Waals surface area contributed by atoms with E-state index in [1.165, 1.54) is 0 Å². The molecule has 1 heterocycles. The summed E-state index contributed by atoms with van der Waals surface area (Å²) in [5.74, 6) is 6.30. The first-order chi connectivity index (χ1) is 9.79. The van der Waals surface area contributed by atoms with Gasteiger partial charge in [0.1, 0.15) is 5.82 Å². The van der Waals surface area contributed by atoms with E-state index in [2.05, 4.69) is 27.1 Å². The van der Waals surface area contributed by atoms with Gasteiger partial charge in [-0.2, -0.15) is 0 Å². The highest BCUT2D eigenvalue weighted by molar-refractivity contribution is 5.94. The molecule has 0 saturated carbocycles. The lowest BCUT2D eigenvalue weighted by Crippen LogP contribution is -2.23. The molecule has 0 bridgehead atoms. The van der Waals surface area contributed by atoms with Crippen LogP contribution in [0.3, 0.4) is 0 Å². The third kappa shape index (κ3) is 3.97. The van der Waals surface area contributed by atoms with Crippen molar-refractivity contribution < 1.29 is 9.90 Å². The molecule has 1 aromatic heterocycles. The van der Waals surface area contributed by atoms with Gasteiger partial charge in [-0.15, -0.1) is 0 Å². The topological polar surface area (TPSA) is 78.0 Å². The Labute approximate surface area is 117 Å². The highest BCUT2D eigenvalue weighted by Crippen LogP contribution is 2.03. The molecule has 0 saturated heterocycles. The fourth-order valence-corrected chi connectivity index (χ4v) is 1.59. The van der Waals surface area contributed by atoms with Crippen LogP contribution in [0, 0.1) is 11.8 Å². The van der Waals surface area contributed by atoms with Crippen molar-refractivity contribution in [3.8, 4) is 11.8 Å². The number of hydrogen-bond acceptors (Lipinski definition) is 3. The zero-order chi connectivity index (χ0) is 14.2. The van der Waals surface area contributed by atoms with E-state index in [0.29, 0.717) is 24.4 Å². The summed E-state index contributed by atoms with van der Waals surface area (Å²) in [7, 11) is 0. The molecule has 0 fully saturated rings. The van der Waals surface area contributed by atoms with Crippen molar-refractivity contribution in [1.29, 1.82) is 0 Å². The Morgan fingerprint density at radius 3 is 2.80 bits per heavy atom. The van der Waals surface area contributed by atoms with E-state index in [1.807, 2.05) is 0 Å². The Hall–Kier alpha value is -2.58. The number of amides is 1. The van der Waals surface area contributed by atoms with Gasteiger partial charge in [0.2, 0.25) is 0 Å². The zero-order valence-corrected chi connectivity index (χ0v) is 10.9. The van der Waals surface area contributed by atoms with Gasteiger partial charge in [0.25, 0.3) is 5.91 Å². The Morgan fingerprint density at radius 2 is 2.15 bits per heavy atom. The first-order valence-corrected chi connectivity index (χ1v) is 6.26. The van der Waals surface area contributed by atoms with E-state index in [9.17, 15) is 4.79 Å². The van der Waals surface area contributed by atoms with Crippen LogP contribution in [-0.2, 0) is 6.54 Å². The van der Waals surface area contributed by atoms with Crippen molar-refractivity contribution in [2.75, 3.05) is 6.61 Å². The van der Waals surface area contributed by atoms with Crippen molar-refractivity contribution in [1.82, 2.24) is 15.3 Å². The van der Waals surface area contributed by atoms with E-state index < -0.39 is 0 Å². The molecular formula is C15H15N3O2. The fraction of sp³-hybridized carbons (Fsp3) is 0.200. The second-order valence-corrected chi connectivity index (χ2v) is 4.07. The number of aromatic amines is 1. The molecule has 0 aliphatic heterocycles. The van der Waals surface area contributed by atoms with Crippen LogP contribution >= 0.6 is 0 Å². The van der Waals surface area contributed by atoms with Gasteiger partial charge in [-0.3, -0.25) is 4.79 Å². The average Bonchev–Trinajstić information content (AvgIpc) is 2.99. The number of hydrogen-bond donors (Lipinski definition) is 3. The summed E-state index contributed by atoms with van der Waals surface area (Å²) < 4.78 is 0. The molecule has 2 aromatic rings. The number of nitrogens with one attached hydrogen (secondary N) is 2. The molecule has 0 aliphatic carbocycles. The fourth-order valence-electron chi connectivity index (χ4n) is 1.59. The van der Waals surface area contributed by atoms with Gasteiger partial charge in [0.15, 0.2) is 0 Å². The van der Waals surface area contributed by atoms with Crippen LogP contribution in [-0.4, -0.2) is 27.6 Å². The molecule has 0 spiro atoms. The lowest BCUT2D eigenvalue weighted by molar-refractivity contribution is 0.0950. The standard InChI is InChI=1S/C15H15N3O2/c19-10-2-1-3-12-4-6-13(7-5-12)15(20)18-11-14-16-8-9-17-14/h4-9,19H,2,10-11H2,(H,16,17)(H,18,20). The first-order valence-electron chi connectivity index (χ1n) is 6.26. The Bertz CT molecular complexity index is 607. The monoisotopic (exact) mass is 269 g/mol. The molecule has 0 unspecified atom stereocenters. The van der Waals surface area contributed by atoms with Gasteiger partial charge >= 0.3 is 0 Å². The third-order valence-corrected chi connectivity index (χ3v) is 2.59. The SMILES string of the molecule is O=C(NCc1ncc[nH]1)c1ccc(C#CCCO)cc1. The first kappa shape index (κ1) is 13.8. The van der Waals surface area contributed by atoms with Crippen LogP contribution in [0.1, 0.15) is 28.2 Å². The van der Waals surface area contributed by atoms with E-state index in [4.69, 9.17) is 5.11 Å². The molecule has 0 radical (unpaired) electrons. The van der Waals surface area contributed by atoms with E-state index in [1.54, 1.807) is 36.7 Å². The number of imidazole rings is 1. The van der Waals surface area contributed by atoms with E-state index in [0.717, 1.165) is 5.56 Å². The Morgan fingerprint density at radius 1 is 1.35 bits per heavy atom. The number of rotatable bonds is 4. The number of benzene rings is 1. The number of nitrogens with zero attached hydrogens (tertiary/aromatic N) is 1. The van der Waals surface area contributed by atoms with Crippen LogP contribution in [0.4, 0.5) is 0 Å². The number of aromatic nitrogens is 2. The third-order valence-electron chi connectivity index (χ3n) is 2.59. The summed E-state index contributed by atoms with van der Waals surface area (Å²) >= 11 is 0. The van der Waals surface area contributed by atoms with Crippen molar-refractivity contribution >= 4 is 5.91 Å². The minimum atomic E-state index is -0.156. The maximum Gasteiger partial charge on any atom is 0.251 e. The molecule has 0 atom stereocenters. The second kappa shape index (κ2) is 7.12. The second-order valence-electron chi connectivity index (χ2n) is 4.07. The lowest BCUT2D eigenvalue weighted by Gasteiger charge is -2.03. The summed E-state index contributed by atoms with van der Waals surface area (Å²) in [6.07, 6.45) is 3.80. The summed E-state index contributed by atoms with van der Waals surface area (Å²) in [6, 6.07) is 7.01. The highest BCUT2D eigenvalue weighted by Gasteiger charge is 2.05. The Kier molecular flexibility index (Phi) is 4.93. The van der Waals surface area contributed by atoms with Crippen molar-refractivity contribution in [3.63, 3.8) is 0 Å². The number of aliphatic hydroxyl groups excluding tert-OH is 1. The van der Waals surface area contributed by atoms with Gasteiger partial charge in [-0.1, -0.05) is 11.8 Å². The number of carbonyl (C=O) groups is 1. The molecule has 1 amide bonds. The summed E-state index contributed by atoms with van der Waals surface area (Å²) in [4.78, 5) is 18.8. The maximum absolute atomic E-state index is 11.9. The number of aliphatic hydroxyl groups is 1. The van der Waals surface area contributed by atoms with Crippen LogP contribution in [0.5, 0.6) is 0 Å². The van der Waals surface area contributed by atoms with Gasteiger partial charge in [-0.05, 0) is 24.3 Å². The summed E-state index contributed by atoms with van der Waals surface area (Å²) in [6.45, 7) is 0.421. The number of H-pyrrole nitrogens is 1. The molecule has 102 valence electrons. The summed E-state index contributed by atoms with van der Waals surface area (Å²) in [5, 5.41) is 11.4. The van der Waals surface area contributed by atoms with Crippen LogP contribution < -0.4 is 5.32 Å². The van der Waals surface area contributed by atoms with E-state index >= 15 is 0 Å². The van der Waals surface area contributed by atoms with E-state index in [-0.39, 0.29) is 12.5 Å². The predicted octanol–water partition coefficient (Wildman–Crippen LogP) is 1.07. The zero-order valence-electron chi connectivity index (χ0n) is 10.9. The molecule has 5 nitrogen and oxygen atoms in total. The van der Waals surface area contributed by atoms with Gasteiger partial charge in [-0.25, -0.2) is 4.98 Å². The number of carbonyl (C=O) groups excluding carboxylic acids is 1. The van der Waals surface area contributed by atoms with Crippen molar-refractivity contribution in [2.45, 2.75) is 13.0 Å². The quantitative estimate of drug-likeness (QED) is 0.727. The average molecular weight is 269 g/mol. The lowest BCUT2D eigenvalue weighted by atomic mass is 10.1. The maximum atomic E-state index is 11.9. The normalized spacial score (nSPS) is 9.65. The minimum Gasteiger partial charge on any atom is -0.395 e. The van der Waals surface area contributed by atoms with Gasteiger partial charge in [0, 0.05) is 29.9 Å². The van der Waals surface area contributed by atoms with Crippen LogP contribution in [0.15, 0.2) is 36.7 Å². The molecular weight excluding hydrogens is 254 g/mol. The smallest absolute Gasteiger partial charge is 0.251 e. The van der Waals surface area contributed by atoms with Crippen molar-refractivity contribution in [2.24, 2.45) is 0 Å². The highest BCUT2D eigenvalue weighted by atomic mass is 16.2. The molecule has 1 aromatic carbocycles. The minimum absolute atomic E-state index is 0.0558. The van der Waals surface area contributed by atoms with Crippen molar-refractivity contribution in [3.05, 3.63) is 53.6 Å². The molecule has 5 heteroatoms. The van der Waals surface area contributed by atoms with Crippen LogP contribution in [0.2, 0.25) is 0 Å². The summed E-state index contributed by atoms with van der Waals surface area (Å²) in [5.41, 5.74) is 1.39.